The van der Waals surface area contributed by atoms with Crippen LogP contribution in [-0.2, 0) is 4.79 Å². The average Bonchev–Trinajstić information content (AvgIpc) is 2.99. The van der Waals surface area contributed by atoms with Gasteiger partial charge in [0.25, 0.3) is 0 Å². The van der Waals surface area contributed by atoms with E-state index in [1.807, 2.05) is 0 Å². The first-order valence-electron chi connectivity index (χ1n) is 8.06. The van der Waals surface area contributed by atoms with E-state index in [1.165, 1.54) is 6.07 Å². The van der Waals surface area contributed by atoms with Gasteiger partial charge in [0.2, 0.25) is 5.91 Å². The molecule has 4 N–H and O–H groups in total. The van der Waals surface area contributed by atoms with Crippen LogP contribution in [-0.4, -0.2) is 43.7 Å². The molecule has 2 aliphatic heterocycles. The number of piperidine rings is 1. The van der Waals surface area contributed by atoms with Crippen molar-refractivity contribution in [3.05, 3.63) is 30.1 Å². The molecule has 0 aromatic heterocycles. The van der Waals surface area contributed by atoms with Gasteiger partial charge in [-0.2, -0.15) is 0 Å². The van der Waals surface area contributed by atoms with Crippen molar-refractivity contribution in [2.75, 3.05) is 19.6 Å². The van der Waals surface area contributed by atoms with E-state index < -0.39 is 5.82 Å². The number of hydrogen-bond acceptors (Lipinski definition) is 5. The predicted octanol–water partition coefficient (Wildman–Crippen LogP) is 0.586. The Morgan fingerprint density at radius 1 is 1.42 bits per heavy atom. The van der Waals surface area contributed by atoms with E-state index in [0.29, 0.717) is 12.6 Å². The van der Waals surface area contributed by atoms with Gasteiger partial charge in [-0.05, 0) is 32.0 Å². The van der Waals surface area contributed by atoms with E-state index in [4.69, 9.17) is 4.74 Å². The lowest BCUT2D eigenvalue weighted by Gasteiger charge is -2.27. The molecule has 1 aromatic rings. The Kier molecular flexibility index (Phi) is 6.79. The third kappa shape index (κ3) is 4.36. The Morgan fingerprint density at radius 3 is 3.00 bits per heavy atom. The summed E-state index contributed by atoms with van der Waals surface area (Å²) in [6.45, 7) is 3.93. The van der Waals surface area contributed by atoms with Gasteiger partial charge in [-0.25, -0.2) is 9.82 Å². The van der Waals surface area contributed by atoms with Gasteiger partial charge in [0.05, 0.1) is 6.54 Å². The van der Waals surface area contributed by atoms with Crippen LogP contribution in [0, 0.1) is 11.7 Å². The Hall–Kier alpha value is -1.41. The molecule has 0 saturated carbocycles. The predicted molar refractivity (Wildman–Crippen MR) is 91.6 cm³/mol. The summed E-state index contributed by atoms with van der Waals surface area (Å²) in [5.74, 6) is -0.0147. The van der Waals surface area contributed by atoms with Crippen molar-refractivity contribution >= 4 is 18.3 Å². The third-order valence-corrected chi connectivity index (χ3v) is 4.39. The number of ether oxygens (including phenoxy) is 1. The van der Waals surface area contributed by atoms with Gasteiger partial charge in [-0.3, -0.25) is 10.2 Å². The van der Waals surface area contributed by atoms with E-state index in [2.05, 4.69) is 21.5 Å². The molecule has 1 aromatic carbocycles. The van der Waals surface area contributed by atoms with Crippen molar-refractivity contribution in [1.82, 2.24) is 21.5 Å². The monoisotopic (exact) mass is 358 g/mol. The van der Waals surface area contributed by atoms with Crippen LogP contribution in [0.2, 0.25) is 0 Å². The fraction of sp³-hybridized carbons (Fsp3) is 0.562. The molecule has 2 fully saturated rings. The standard InChI is InChI=1S/C16H23FN4O2.ClH/c1-10(23-14-5-3-2-4-12(14)17)8-19-16(22)15-11-9-18-7-6-13(11)20-21-15;/h2-5,10-11,13,15,18,20-21H,6-9H2,1H3,(H,19,22);1H. The molecule has 0 spiro atoms. The summed E-state index contributed by atoms with van der Waals surface area (Å²) in [6, 6.07) is 6.34. The number of rotatable bonds is 5. The summed E-state index contributed by atoms with van der Waals surface area (Å²) in [7, 11) is 0. The van der Waals surface area contributed by atoms with Crippen molar-refractivity contribution in [2.45, 2.75) is 31.5 Å². The van der Waals surface area contributed by atoms with Gasteiger partial charge in [0, 0.05) is 18.5 Å². The quantitative estimate of drug-likeness (QED) is 0.620. The first-order valence-corrected chi connectivity index (χ1v) is 8.06. The zero-order valence-electron chi connectivity index (χ0n) is 13.5. The van der Waals surface area contributed by atoms with E-state index in [1.54, 1.807) is 25.1 Å². The van der Waals surface area contributed by atoms with Crippen molar-refractivity contribution in [3.63, 3.8) is 0 Å². The van der Waals surface area contributed by atoms with Crippen LogP contribution in [0.4, 0.5) is 4.39 Å². The van der Waals surface area contributed by atoms with Gasteiger partial charge in [0.15, 0.2) is 11.6 Å². The Labute approximate surface area is 147 Å². The van der Waals surface area contributed by atoms with Crippen molar-refractivity contribution in [1.29, 1.82) is 0 Å². The molecule has 0 bridgehead atoms. The number of halogens is 2. The number of nitrogens with one attached hydrogen (secondary N) is 4. The van der Waals surface area contributed by atoms with Crippen molar-refractivity contribution < 1.29 is 13.9 Å². The Balaban J connectivity index is 0.00000208. The number of hydrogen-bond donors (Lipinski definition) is 4. The molecular weight excluding hydrogens is 335 g/mol. The minimum atomic E-state index is -0.400. The maximum absolute atomic E-state index is 13.5. The lowest BCUT2D eigenvalue weighted by Crippen LogP contribution is -2.50. The molecule has 8 heteroatoms. The van der Waals surface area contributed by atoms with E-state index in [0.717, 1.165) is 19.5 Å². The van der Waals surface area contributed by atoms with Gasteiger partial charge in [-0.15, -0.1) is 12.4 Å². The van der Waals surface area contributed by atoms with Gasteiger partial charge >= 0.3 is 0 Å². The summed E-state index contributed by atoms with van der Waals surface area (Å²) < 4.78 is 19.1. The minimum Gasteiger partial charge on any atom is -0.486 e. The number of benzene rings is 1. The lowest BCUT2D eigenvalue weighted by atomic mass is 9.89. The molecule has 3 rings (SSSR count). The topological polar surface area (TPSA) is 74.4 Å². The molecular formula is C16H24ClFN4O2. The second-order valence-electron chi connectivity index (χ2n) is 6.13. The number of carbonyl (C=O) groups is 1. The number of hydrazine groups is 1. The first-order chi connectivity index (χ1) is 11.1. The molecule has 2 aliphatic rings. The van der Waals surface area contributed by atoms with Gasteiger partial charge in [0.1, 0.15) is 12.1 Å². The normalized spacial score (nSPS) is 26.8. The molecule has 4 unspecified atom stereocenters. The second-order valence-corrected chi connectivity index (χ2v) is 6.13. The summed E-state index contributed by atoms with van der Waals surface area (Å²) in [5, 5.41) is 6.20. The molecule has 6 nitrogen and oxygen atoms in total. The maximum atomic E-state index is 13.5. The van der Waals surface area contributed by atoms with E-state index in [9.17, 15) is 9.18 Å². The highest BCUT2D eigenvalue weighted by molar-refractivity contribution is 5.85. The summed E-state index contributed by atoms with van der Waals surface area (Å²) in [5.41, 5.74) is 6.27. The number of carbonyl (C=O) groups excluding carboxylic acids is 1. The summed E-state index contributed by atoms with van der Waals surface area (Å²) in [4.78, 5) is 12.4. The summed E-state index contributed by atoms with van der Waals surface area (Å²) >= 11 is 0. The number of para-hydroxylation sites is 1. The van der Waals surface area contributed by atoms with Crippen LogP contribution in [0.1, 0.15) is 13.3 Å². The molecule has 0 radical (unpaired) electrons. The van der Waals surface area contributed by atoms with Gasteiger partial charge < -0.3 is 15.4 Å². The largest absolute Gasteiger partial charge is 0.486 e. The highest BCUT2D eigenvalue weighted by atomic mass is 35.5. The summed E-state index contributed by atoms with van der Waals surface area (Å²) in [6.07, 6.45) is 0.694. The van der Waals surface area contributed by atoms with Crippen LogP contribution < -0.4 is 26.2 Å². The maximum Gasteiger partial charge on any atom is 0.239 e. The second kappa shape index (κ2) is 8.62. The van der Waals surface area contributed by atoms with E-state index >= 15 is 0 Å². The highest BCUT2D eigenvalue weighted by Crippen LogP contribution is 2.20. The zero-order valence-corrected chi connectivity index (χ0v) is 14.4. The van der Waals surface area contributed by atoms with Crippen LogP contribution in [0.3, 0.4) is 0 Å². The first kappa shape index (κ1) is 18.9. The van der Waals surface area contributed by atoms with Gasteiger partial charge in [-0.1, -0.05) is 12.1 Å². The van der Waals surface area contributed by atoms with Crippen molar-refractivity contribution in [3.8, 4) is 5.75 Å². The molecule has 1 amide bonds. The SMILES string of the molecule is CC(CNC(=O)C1NNC2CCNCC21)Oc1ccccc1F.Cl. The molecule has 2 saturated heterocycles. The lowest BCUT2D eigenvalue weighted by molar-refractivity contribution is -0.124. The zero-order chi connectivity index (χ0) is 16.2. The average molecular weight is 359 g/mol. The van der Waals surface area contributed by atoms with Crippen LogP contribution in [0.5, 0.6) is 5.75 Å². The van der Waals surface area contributed by atoms with Crippen LogP contribution >= 0.6 is 12.4 Å². The Bertz CT molecular complexity index is 563. The molecule has 2 heterocycles. The van der Waals surface area contributed by atoms with E-state index in [-0.39, 0.29) is 42.1 Å². The fourth-order valence-electron chi connectivity index (χ4n) is 3.13. The number of fused-ring (bicyclic) bond motifs is 1. The smallest absolute Gasteiger partial charge is 0.239 e. The van der Waals surface area contributed by atoms with Crippen molar-refractivity contribution in [2.24, 2.45) is 5.92 Å². The van der Waals surface area contributed by atoms with Crippen LogP contribution in [0.15, 0.2) is 24.3 Å². The molecule has 134 valence electrons. The molecule has 0 aliphatic carbocycles. The minimum absolute atomic E-state index is 0. The number of amides is 1. The van der Waals surface area contributed by atoms with Crippen LogP contribution in [0.25, 0.3) is 0 Å². The third-order valence-electron chi connectivity index (χ3n) is 4.39. The highest BCUT2D eigenvalue weighted by Gasteiger charge is 2.41. The molecule has 24 heavy (non-hydrogen) atoms. The fourth-order valence-corrected chi connectivity index (χ4v) is 3.13. The Morgan fingerprint density at radius 2 is 2.21 bits per heavy atom. The molecule has 4 atom stereocenters.